The maximum atomic E-state index is 13.3. The molecular formula is C15H23ClFNO3. The minimum absolute atomic E-state index is 0.0930. The van der Waals surface area contributed by atoms with E-state index in [9.17, 15) is 9.18 Å². The van der Waals surface area contributed by atoms with Crippen LogP contribution in [0.2, 0.25) is 5.02 Å². The van der Waals surface area contributed by atoms with Crippen molar-refractivity contribution >= 4 is 17.7 Å². The zero-order valence-electron chi connectivity index (χ0n) is 13.1. The molecule has 1 rings (SSSR count). The van der Waals surface area contributed by atoms with Crippen LogP contribution >= 0.6 is 11.6 Å². The van der Waals surface area contributed by atoms with Crippen LogP contribution in [-0.4, -0.2) is 24.8 Å². The fourth-order valence-corrected chi connectivity index (χ4v) is 1.38. The molecule has 0 saturated heterocycles. The number of carbonyl (C=O) groups is 1. The molecule has 1 amide bonds. The van der Waals surface area contributed by atoms with Crippen LogP contribution in [0, 0.1) is 5.82 Å². The molecule has 0 aliphatic rings. The van der Waals surface area contributed by atoms with Crippen molar-refractivity contribution in [2.24, 2.45) is 0 Å². The average Bonchev–Trinajstić information content (AvgIpc) is 2.37. The van der Waals surface area contributed by atoms with Crippen LogP contribution in [0.1, 0.15) is 34.6 Å². The lowest BCUT2D eigenvalue weighted by molar-refractivity contribution is 0.0520. The summed E-state index contributed by atoms with van der Waals surface area (Å²) in [5.74, 6) is -0.444. The highest BCUT2D eigenvalue weighted by atomic mass is 35.5. The van der Waals surface area contributed by atoms with E-state index in [4.69, 9.17) is 21.1 Å². The van der Waals surface area contributed by atoms with Crippen molar-refractivity contribution in [2.75, 3.05) is 13.2 Å². The highest BCUT2D eigenvalue weighted by Gasteiger charge is 2.15. The molecule has 0 aliphatic heterocycles. The van der Waals surface area contributed by atoms with E-state index in [1.165, 1.54) is 12.1 Å². The predicted molar refractivity (Wildman–Crippen MR) is 82.5 cm³/mol. The molecule has 21 heavy (non-hydrogen) atoms. The first kappa shape index (κ1) is 19.5. The van der Waals surface area contributed by atoms with Gasteiger partial charge in [0.15, 0.2) is 11.6 Å². The summed E-state index contributed by atoms with van der Waals surface area (Å²) < 4.78 is 23.5. The molecule has 0 aromatic heterocycles. The Bertz CT molecular complexity index is 447. The Morgan fingerprint density at radius 2 is 1.95 bits per heavy atom. The van der Waals surface area contributed by atoms with Gasteiger partial charge in [-0.05, 0) is 39.0 Å². The number of carbonyl (C=O) groups excluding carboxylic acids is 1. The number of ether oxygens (including phenoxy) is 2. The fraction of sp³-hybridized carbons (Fsp3) is 0.533. The summed E-state index contributed by atoms with van der Waals surface area (Å²) in [5.41, 5.74) is -0.548. The fourth-order valence-electron chi connectivity index (χ4n) is 1.22. The van der Waals surface area contributed by atoms with Crippen LogP contribution in [0.5, 0.6) is 5.75 Å². The normalized spacial score (nSPS) is 10.2. The van der Waals surface area contributed by atoms with Gasteiger partial charge in [0.1, 0.15) is 12.2 Å². The SMILES string of the molecule is CC.CC(C)(C)OC(=O)NCCOc1ccc(Cl)cc1F. The Balaban J connectivity index is 0.00000191. The number of nitrogens with one attached hydrogen (secondary N) is 1. The second kappa shape index (κ2) is 9.45. The van der Waals surface area contributed by atoms with Crippen molar-refractivity contribution in [1.82, 2.24) is 5.32 Å². The topological polar surface area (TPSA) is 47.6 Å². The highest BCUT2D eigenvalue weighted by Crippen LogP contribution is 2.20. The van der Waals surface area contributed by atoms with Gasteiger partial charge in [0.2, 0.25) is 0 Å². The molecule has 0 unspecified atom stereocenters. The molecule has 0 spiro atoms. The monoisotopic (exact) mass is 319 g/mol. The van der Waals surface area contributed by atoms with Gasteiger partial charge < -0.3 is 14.8 Å². The molecule has 4 nitrogen and oxygen atoms in total. The van der Waals surface area contributed by atoms with Gasteiger partial charge in [-0.1, -0.05) is 25.4 Å². The zero-order chi connectivity index (χ0) is 16.5. The third-order valence-electron chi connectivity index (χ3n) is 1.92. The summed E-state index contributed by atoms with van der Waals surface area (Å²) in [6.07, 6.45) is -0.535. The maximum Gasteiger partial charge on any atom is 0.407 e. The van der Waals surface area contributed by atoms with Gasteiger partial charge >= 0.3 is 6.09 Å². The van der Waals surface area contributed by atoms with E-state index in [1.54, 1.807) is 20.8 Å². The van der Waals surface area contributed by atoms with Crippen molar-refractivity contribution < 1.29 is 18.7 Å². The van der Waals surface area contributed by atoms with E-state index in [1.807, 2.05) is 13.8 Å². The Kier molecular flexibility index (Phi) is 8.78. The molecular weight excluding hydrogens is 297 g/mol. The number of halogens is 2. The summed E-state index contributed by atoms with van der Waals surface area (Å²) in [4.78, 5) is 11.3. The standard InChI is InChI=1S/C13H17ClFNO3.C2H6/c1-13(2,3)19-12(17)16-6-7-18-11-5-4-9(14)8-10(11)15;1-2/h4-5,8H,6-7H2,1-3H3,(H,16,17);1-2H3. The van der Waals surface area contributed by atoms with Gasteiger partial charge in [-0.3, -0.25) is 0 Å². The van der Waals surface area contributed by atoms with Crippen molar-refractivity contribution in [2.45, 2.75) is 40.2 Å². The van der Waals surface area contributed by atoms with Crippen LogP contribution in [-0.2, 0) is 4.74 Å². The molecule has 0 aliphatic carbocycles. The molecule has 120 valence electrons. The molecule has 6 heteroatoms. The van der Waals surface area contributed by atoms with Crippen molar-refractivity contribution in [3.05, 3.63) is 29.0 Å². The van der Waals surface area contributed by atoms with Crippen LogP contribution in [0.3, 0.4) is 0 Å². The van der Waals surface area contributed by atoms with Crippen molar-refractivity contribution in [1.29, 1.82) is 0 Å². The molecule has 1 aromatic carbocycles. The average molecular weight is 320 g/mol. The van der Waals surface area contributed by atoms with Crippen molar-refractivity contribution in [3.63, 3.8) is 0 Å². The number of rotatable bonds is 4. The van der Waals surface area contributed by atoms with Gasteiger partial charge in [0, 0.05) is 5.02 Å². The van der Waals surface area contributed by atoms with Gasteiger partial charge in [-0.25, -0.2) is 9.18 Å². The lowest BCUT2D eigenvalue weighted by Crippen LogP contribution is -2.34. The zero-order valence-corrected chi connectivity index (χ0v) is 13.9. The van der Waals surface area contributed by atoms with Gasteiger partial charge in [0.25, 0.3) is 0 Å². The number of benzene rings is 1. The van der Waals surface area contributed by atoms with E-state index >= 15 is 0 Å². The molecule has 0 heterocycles. The largest absolute Gasteiger partial charge is 0.489 e. The molecule has 0 fully saturated rings. The van der Waals surface area contributed by atoms with Crippen LogP contribution in [0.25, 0.3) is 0 Å². The van der Waals surface area contributed by atoms with Crippen LogP contribution in [0.15, 0.2) is 18.2 Å². The summed E-state index contributed by atoms with van der Waals surface area (Å²) in [7, 11) is 0. The van der Waals surface area contributed by atoms with Gasteiger partial charge in [-0.15, -0.1) is 0 Å². The molecule has 0 atom stereocenters. The summed E-state index contributed by atoms with van der Waals surface area (Å²) in [6.45, 7) is 9.67. The van der Waals surface area contributed by atoms with E-state index in [0.29, 0.717) is 5.02 Å². The lowest BCUT2D eigenvalue weighted by Gasteiger charge is -2.19. The molecule has 0 bridgehead atoms. The summed E-state index contributed by atoms with van der Waals surface area (Å²) in [6, 6.07) is 4.13. The van der Waals surface area contributed by atoms with Gasteiger partial charge in [0.05, 0.1) is 6.54 Å². The van der Waals surface area contributed by atoms with Crippen molar-refractivity contribution in [3.8, 4) is 5.75 Å². The number of amides is 1. The third-order valence-corrected chi connectivity index (χ3v) is 2.16. The first-order valence-electron chi connectivity index (χ1n) is 6.82. The second-order valence-electron chi connectivity index (χ2n) is 4.85. The molecule has 1 aromatic rings. The summed E-state index contributed by atoms with van der Waals surface area (Å²) in [5, 5.41) is 2.81. The Hall–Kier alpha value is -1.49. The van der Waals surface area contributed by atoms with E-state index in [0.717, 1.165) is 6.07 Å². The minimum atomic E-state index is -0.548. The van der Waals surface area contributed by atoms with E-state index in [-0.39, 0.29) is 18.9 Å². The number of hydrogen-bond donors (Lipinski definition) is 1. The molecule has 0 radical (unpaired) electrons. The number of hydrogen-bond acceptors (Lipinski definition) is 3. The first-order valence-corrected chi connectivity index (χ1v) is 7.20. The maximum absolute atomic E-state index is 13.3. The van der Waals surface area contributed by atoms with E-state index in [2.05, 4.69) is 5.32 Å². The second-order valence-corrected chi connectivity index (χ2v) is 5.29. The van der Waals surface area contributed by atoms with Crippen LogP contribution < -0.4 is 10.1 Å². The highest BCUT2D eigenvalue weighted by molar-refractivity contribution is 6.30. The Morgan fingerprint density at radius 3 is 2.48 bits per heavy atom. The smallest absolute Gasteiger partial charge is 0.407 e. The summed E-state index contributed by atoms with van der Waals surface area (Å²) >= 11 is 5.61. The minimum Gasteiger partial charge on any atom is -0.489 e. The Morgan fingerprint density at radius 1 is 1.33 bits per heavy atom. The van der Waals surface area contributed by atoms with Crippen LogP contribution in [0.4, 0.5) is 9.18 Å². The Labute approximate surface area is 130 Å². The number of alkyl carbamates (subject to hydrolysis) is 1. The molecule has 1 N–H and O–H groups in total. The lowest BCUT2D eigenvalue weighted by atomic mass is 10.2. The predicted octanol–water partition coefficient (Wildman–Crippen LogP) is 4.41. The molecule has 0 saturated carbocycles. The quantitative estimate of drug-likeness (QED) is 0.836. The van der Waals surface area contributed by atoms with E-state index < -0.39 is 17.5 Å². The first-order chi connectivity index (χ1) is 9.78. The van der Waals surface area contributed by atoms with Gasteiger partial charge in [-0.2, -0.15) is 0 Å². The third kappa shape index (κ3) is 9.13.